The molecule has 0 spiro atoms. The molecule has 0 heterocycles. The van der Waals surface area contributed by atoms with Gasteiger partial charge >= 0.3 is 0 Å². The summed E-state index contributed by atoms with van der Waals surface area (Å²) in [5.41, 5.74) is 2.52. The highest BCUT2D eigenvalue weighted by molar-refractivity contribution is 6.34. The molecule has 10 aromatic rings. The van der Waals surface area contributed by atoms with Gasteiger partial charge in [-0.15, -0.1) is 0 Å². The Hall–Kier alpha value is -5.72. The molecule has 10 rings (SSSR count). The zero-order valence-electron chi connectivity index (χ0n) is 24.0. The maximum atomic E-state index is 2.45. The summed E-state index contributed by atoms with van der Waals surface area (Å²) in [5.74, 6) is 0. The van der Waals surface area contributed by atoms with E-state index in [1.807, 2.05) is 0 Å². The molecule has 10 aromatic carbocycles. The van der Waals surface area contributed by atoms with Crippen molar-refractivity contribution in [3.05, 3.63) is 158 Å². The molecule has 0 aliphatic heterocycles. The molecule has 0 bridgehead atoms. The molecule has 0 aliphatic rings. The summed E-state index contributed by atoms with van der Waals surface area (Å²) in [6.07, 6.45) is 0. The van der Waals surface area contributed by atoms with E-state index in [9.17, 15) is 0 Å². The summed E-state index contributed by atoms with van der Waals surface area (Å²) in [6, 6.07) is 58.6. The van der Waals surface area contributed by atoms with Crippen LogP contribution in [0.25, 0.3) is 97.3 Å². The van der Waals surface area contributed by atoms with Crippen molar-refractivity contribution in [2.45, 2.75) is 0 Å². The minimum Gasteiger partial charge on any atom is -0.0616 e. The van der Waals surface area contributed by atoms with Crippen LogP contribution in [0.3, 0.4) is 0 Å². The van der Waals surface area contributed by atoms with E-state index in [4.69, 9.17) is 0 Å². The van der Waals surface area contributed by atoms with Crippen molar-refractivity contribution >= 4 is 86.2 Å². The molecular weight excluding hydrogens is 528 g/mol. The predicted molar refractivity (Wildman–Crippen MR) is 192 cm³/mol. The molecule has 0 nitrogen and oxygen atoms in total. The van der Waals surface area contributed by atoms with E-state index in [1.165, 1.54) is 97.3 Å². The summed E-state index contributed by atoms with van der Waals surface area (Å²) in [4.78, 5) is 0. The van der Waals surface area contributed by atoms with E-state index in [-0.39, 0.29) is 0 Å². The van der Waals surface area contributed by atoms with Gasteiger partial charge in [0.05, 0.1) is 0 Å². The fraction of sp³-hybridized carbons (Fsp3) is 0. The van der Waals surface area contributed by atoms with Gasteiger partial charge in [-0.1, -0.05) is 146 Å². The number of benzene rings is 10. The first-order valence-electron chi connectivity index (χ1n) is 15.4. The van der Waals surface area contributed by atoms with Crippen molar-refractivity contribution in [2.75, 3.05) is 0 Å². The first-order chi connectivity index (χ1) is 21.8. The molecule has 0 atom stereocenters. The third kappa shape index (κ3) is 3.17. The summed E-state index contributed by atoms with van der Waals surface area (Å²) in [6.45, 7) is 0. The molecule has 0 fully saturated rings. The van der Waals surface area contributed by atoms with Crippen molar-refractivity contribution in [1.82, 2.24) is 0 Å². The Bertz CT molecular complexity index is 2820. The van der Waals surface area contributed by atoms with E-state index < -0.39 is 0 Å². The molecule has 0 unspecified atom stereocenters. The van der Waals surface area contributed by atoms with Crippen molar-refractivity contribution < 1.29 is 0 Å². The highest BCUT2D eigenvalue weighted by Gasteiger charge is 2.17. The van der Waals surface area contributed by atoms with Crippen LogP contribution in [-0.4, -0.2) is 0 Å². The van der Waals surface area contributed by atoms with Crippen LogP contribution in [-0.2, 0) is 0 Å². The lowest BCUT2D eigenvalue weighted by molar-refractivity contribution is 1.72. The lowest BCUT2D eigenvalue weighted by Gasteiger charge is -2.17. The summed E-state index contributed by atoms with van der Waals surface area (Å²) < 4.78 is 0. The van der Waals surface area contributed by atoms with Crippen LogP contribution in [0.5, 0.6) is 0 Å². The SMILES string of the molecule is c1ccc2c(c1)ccc1c3ccccc3c3cc(-c4cc5c6ccccc6c6ccccc6c5c5ccccc45)ccc3c21. The zero-order chi connectivity index (χ0) is 28.8. The van der Waals surface area contributed by atoms with Crippen LogP contribution in [0.4, 0.5) is 0 Å². The minimum absolute atomic E-state index is 1.25. The van der Waals surface area contributed by atoms with Gasteiger partial charge in [0.15, 0.2) is 0 Å². The highest BCUT2D eigenvalue weighted by Crippen LogP contribution is 2.45. The fourth-order valence-corrected chi connectivity index (χ4v) is 7.90. The predicted octanol–water partition coefficient (Wildman–Crippen LogP) is 12.6. The average Bonchev–Trinajstić information content (AvgIpc) is 3.10. The van der Waals surface area contributed by atoms with Gasteiger partial charge < -0.3 is 0 Å². The fourth-order valence-electron chi connectivity index (χ4n) is 7.90. The average molecular weight is 555 g/mol. The van der Waals surface area contributed by atoms with Gasteiger partial charge in [-0.3, -0.25) is 0 Å². The number of hydrogen-bond donors (Lipinski definition) is 0. The lowest BCUT2D eigenvalue weighted by atomic mass is 9.86. The number of hydrogen-bond acceptors (Lipinski definition) is 0. The van der Waals surface area contributed by atoms with Crippen LogP contribution >= 0.6 is 0 Å². The molecular formula is C44H26. The van der Waals surface area contributed by atoms with Crippen molar-refractivity contribution in [3.8, 4) is 11.1 Å². The van der Waals surface area contributed by atoms with E-state index >= 15 is 0 Å². The third-order valence-electron chi connectivity index (χ3n) is 9.78. The Balaban J connectivity index is 1.38. The molecule has 44 heavy (non-hydrogen) atoms. The van der Waals surface area contributed by atoms with E-state index in [0.29, 0.717) is 0 Å². The Morgan fingerprint density at radius 2 is 0.636 bits per heavy atom. The highest BCUT2D eigenvalue weighted by atomic mass is 14.2. The van der Waals surface area contributed by atoms with Crippen LogP contribution in [0.15, 0.2) is 158 Å². The van der Waals surface area contributed by atoms with Gasteiger partial charge in [-0.05, 0) is 109 Å². The Morgan fingerprint density at radius 1 is 0.227 bits per heavy atom. The molecule has 0 N–H and O–H groups in total. The third-order valence-corrected chi connectivity index (χ3v) is 9.78. The van der Waals surface area contributed by atoms with Gasteiger partial charge in [0, 0.05) is 0 Å². The van der Waals surface area contributed by atoms with E-state index in [2.05, 4.69) is 158 Å². The molecule has 0 aromatic heterocycles. The summed E-state index contributed by atoms with van der Waals surface area (Å²) in [7, 11) is 0. The van der Waals surface area contributed by atoms with Crippen LogP contribution in [0, 0.1) is 0 Å². The first-order valence-corrected chi connectivity index (χ1v) is 15.4. The lowest BCUT2D eigenvalue weighted by Crippen LogP contribution is -1.90. The van der Waals surface area contributed by atoms with Gasteiger partial charge in [0.1, 0.15) is 0 Å². The first kappa shape index (κ1) is 23.8. The van der Waals surface area contributed by atoms with Gasteiger partial charge in [0.2, 0.25) is 0 Å². The number of rotatable bonds is 1. The standard InChI is InChI=1S/C44H26/c1-2-12-29-27(11-1)21-23-38-32-15-4-5-16-33(32)41-25-28(22-24-39(41)43(29)38)40-26-42-34-17-6-3-13-30(34)31-14-7-9-19-36(31)44(42)37-20-10-8-18-35(37)40/h1-26H. The van der Waals surface area contributed by atoms with Gasteiger partial charge in [0.25, 0.3) is 0 Å². The monoisotopic (exact) mass is 554 g/mol. The Kier molecular flexibility index (Phi) is 4.81. The molecule has 0 aliphatic carbocycles. The minimum atomic E-state index is 1.25. The van der Waals surface area contributed by atoms with Crippen LogP contribution in [0.1, 0.15) is 0 Å². The largest absolute Gasteiger partial charge is 0.0616 e. The molecule has 202 valence electrons. The van der Waals surface area contributed by atoms with Crippen molar-refractivity contribution in [3.63, 3.8) is 0 Å². The molecule has 0 heteroatoms. The molecule has 0 saturated carbocycles. The Labute approximate surface area is 254 Å². The second-order valence-electron chi connectivity index (χ2n) is 12.0. The maximum Gasteiger partial charge on any atom is -0.00199 e. The Morgan fingerprint density at radius 3 is 1.32 bits per heavy atom. The van der Waals surface area contributed by atoms with Crippen molar-refractivity contribution in [1.29, 1.82) is 0 Å². The second-order valence-corrected chi connectivity index (χ2v) is 12.0. The normalized spacial score (nSPS) is 12.1. The van der Waals surface area contributed by atoms with Crippen molar-refractivity contribution in [2.24, 2.45) is 0 Å². The van der Waals surface area contributed by atoms with Crippen LogP contribution in [0.2, 0.25) is 0 Å². The second kappa shape index (κ2) is 8.89. The molecule has 0 amide bonds. The topological polar surface area (TPSA) is 0 Å². The maximum absolute atomic E-state index is 2.45. The summed E-state index contributed by atoms with van der Waals surface area (Å²) >= 11 is 0. The van der Waals surface area contributed by atoms with E-state index in [0.717, 1.165) is 0 Å². The summed E-state index contributed by atoms with van der Waals surface area (Å²) in [5, 5.41) is 20.9. The molecule has 0 saturated heterocycles. The zero-order valence-corrected chi connectivity index (χ0v) is 24.0. The van der Waals surface area contributed by atoms with Gasteiger partial charge in [-0.2, -0.15) is 0 Å². The van der Waals surface area contributed by atoms with Gasteiger partial charge in [-0.25, -0.2) is 0 Å². The quantitative estimate of drug-likeness (QED) is 0.177. The molecule has 0 radical (unpaired) electrons. The smallest absolute Gasteiger partial charge is 0.00199 e. The number of fused-ring (bicyclic) bond motifs is 16. The van der Waals surface area contributed by atoms with E-state index in [1.54, 1.807) is 0 Å². The van der Waals surface area contributed by atoms with Crippen LogP contribution < -0.4 is 0 Å².